The van der Waals surface area contributed by atoms with E-state index in [9.17, 15) is 19.5 Å². The summed E-state index contributed by atoms with van der Waals surface area (Å²) in [5.41, 5.74) is 1.65. The van der Waals surface area contributed by atoms with Crippen molar-refractivity contribution in [3.05, 3.63) is 52.8 Å². The molecule has 0 bridgehead atoms. The van der Waals surface area contributed by atoms with E-state index < -0.39 is 17.7 Å². The molecule has 0 unspecified atom stereocenters. The average Bonchev–Trinajstić information content (AvgIpc) is 3.21. The van der Waals surface area contributed by atoms with Crippen molar-refractivity contribution in [3.8, 4) is 0 Å². The van der Waals surface area contributed by atoms with Gasteiger partial charge in [0.05, 0.1) is 18.3 Å². The number of nitrogens with zero attached hydrogens (tertiary/aromatic N) is 4. The summed E-state index contributed by atoms with van der Waals surface area (Å²) < 4.78 is 12.5. The summed E-state index contributed by atoms with van der Waals surface area (Å²) in [7, 11) is 0. The van der Waals surface area contributed by atoms with Crippen LogP contribution in [0.25, 0.3) is 0 Å². The summed E-state index contributed by atoms with van der Waals surface area (Å²) in [4.78, 5) is 40.4. The molecule has 2 aromatic rings. The number of fused-ring (bicyclic) bond motifs is 1. The molecule has 4 rings (SSSR count). The molecule has 1 N–H and O–H groups in total. The van der Waals surface area contributed by atoms with E-state index in [1.54, 1.807) is 30.4 Å². The molecule has 35 heavy (non-hydrogen) atoms. The number of rotatable bonds is 4. The summed E-state index contributed by atoms with van der Waals surface area (Å²) in [6.07, 6.45) is 0.758. The fourth-order valence-electron chi connectivity index (χ4n) is 4.47. The van der Waals surface area contributed by atoms with E-state index in [-0.39, 0.29) is 31.0 Å². The number of aromatic carboxylic acids is 1. The highest BCUT2D eigenvalue weighted by Gasteiger charge is 2.35. The monoisotopic (exact) mass is 484 g/mol. The number of carbonyl (C=O) groups is 3. The first-order valence-corrected chi connectivity index (χ1v) is 11.9. The van der Waals surface area contributed by atoms with Crippen LogP contribution in [0, 0.1) is 0 Å². The second-order valence-corrected chi connectivity index (χ2v) is 9.93. The van der Waals surface area contributed by atoms with Gasteiger partial charge in [-0.3, -0.25) is 4.68 Å². The Morgan fingerprint density at radius 1 is 1.03 bits per heavy atom. The van der Waals surface area contributed by atoms with Gasteiger partial charge in [0.15, 0.2) is 5.69 Å². The van der Waals surface area contributed by atoms with Crippen LogP contribution in [0.2, 0.25) is 0 Å². The molecule has 0 aliphatic carbocycles. The van der Waals surface area contributed by atoms with Crippen molar-refractivity contribution >= 4 is 18.2 Å². The van der Waals surface area contributed by atoms with Gasteiger partial charge in [-0.15, -0.1) is 0 Å². The van der Waals surface area contributed by atoms with Crippen LogP contribution >= 0.6 is 0 Å². The second kappa shape index (κ2) is 9.97. The van der Waals surface area contributed by atoms with Gasteiger partial charge in [0.2, 0.25) is 0 Å². The number of amides is 2. The molecule has 10 nitrogen and oxygen atoms in total. The lowest BCUT2D eigenvalue weighted by atomic mass is 10.0. The minimum atomic E-state index is -1.07. The highest BCUT2D eigenvalue weighted by molar-refractivity contribution is 5.88. The zero-order valence-electron chi connectivity index (χ0n) is 20.4. The van der Waals surface area contributed by atoms with Crippen molar-refractivity contribution in [3.63, 3.8) is 0 Å². The number of carboxylic acids is 1. The maximum absolute atomic E-state index is 12.5. The van der Waals surface area contributed by atoms with Gasteiger partial charge in [0.1, 0.15) is 12.2 Å². The minimum absolute atomic E-state index is 0.110. The third-order valence-corrected chi connectivity index (χ3v) is 6.19. The first kappa shape index (κ1) is 24.6. The minimum Gasteiger partial charge on any atom is -0.477 e. The molecule has 3 heterocycles. The molecule has 0 spiro atoms. The number of aromatic nitrogens is 2. The number of benzene rings is 1. The predicted octanol–water partition coefficient (Wildman–Crippen LogP) is 3.85. The molecule has 1 aromatic carbocycles. The van der Waals surface area contributed by atoms with E-state index in [1.807, 2.05) is 30.3 Å². The summed E-state index contributed by atoms with van der Waals surface area (Å²) >= 11 is 0. The lowest BCUT2D eigenvalue weighted by molar-refractivity contribution is 0.0221. The van der Waals surface area contributed by atoms with E-state index in [2.05, 4.69) is 5.10 Å². The Morgan fingerprint density at radius 2 is 1.71 bits per heavy atom. The van der Waals surface area contributed by atoms with Gasteiger partial charge in [0.25, 0.3) is 0 Å². The molecule has 2 amide bonds. The van der Waals surface area contributed by atoms with E-state index in [4.69, 9.17) is 9.47 Å². The molecule has 0 saturated carbocycles. The highest BCUT2D eigenvalue weighted by atomic mass is 16.6. The zero-order chi connectivity index (χ0) is 25.2. The van der Waals surface area contributed by atoms with Gasteiger partial charge in [-0.25, -0.2) is 14.4 Å². The number of hydrogen-bond acceptors (Lipinski definition) is 6. The van der Waals surface area contributed by atoms with Crippen molar-refractivity contribution in [1.29, 1.82) is 0 Å². The van der Waals surface area contributed by atoms with E-state index >= 15 is 0 Å². The molecule has 0 radical (unpaired) electrons. The SMILES string of the molecule is CC(C)(C)OC(=O)N1CCc2nn(C3CCN(C(=O)OCc4ccccc4)CC3)c(C(=O)O)c2C1. The molecule has 1 fully saturated rings. The summed E-state index contributed by atoms with van der Waals surface area (Å²) in [5.74, 6) is -1.07. The van der Waals surface area contributed by atoms with Gasteiger partial charge in [-0.1, -0.05) is 30.3 Å². The Labute approximate surface area is 204 Å². The maximum Gasteiger partial charge on any atom is 0.410 e. The number of carboxylic acid groups (broad SMARTS) is 1. The number of carbonyl (C=O) groups excluding carboxylic acids is 2. The highest BCUT2D eigenvalue weighted by Crippen LogP contribution is 2.30. The molecule has 2 aliphatic rings. The Morgan fingerprint density at radius 3 is 2.34 bits per heavy atom. The first-order chi connectivity index (χ1) is 16.6. The first-order valence-electron chi connectivity index (χ1n) is 11.9. The maximum atomic E-state index is 12.5. The third-order valence-electron chi connectivity index (χ3n) is 6.19. The lowest BCUT2D eigenvalue weighted by Crippen LogP contribution is -2.40. The Kier molecular flexibility index (Phi) is 7.00. The van der Waals surface area contributed by atoms with Crippen molar-refractivity contribution < 1.29 is 29.0 Å². The Hall–Kier alpha value is -3.56. The standard InChI is InChI=1S/C25H32N4O6/c1-25(2,3)35-24(33)28-14-11-20-19(15-28)21(22(30)31)29(26-20)18-9-12-27(13-10-18)23(32)34-16-17-7-5-4-6-8-17/h4-8,18H,9-16H2,1-3H3,(H,30,31). The fourth-order valence-corrected chi connectivity index (χ4v) is 4.47. The predicted molar refractivity (Wildman–Crippen MR) is 126 cm³/mol. The third kappa shape index (κ3) is 5.75. The van der Waals surface area contributed by atoms with Crippen LogP contribution in [-0.2, 0) is 29.0 Å². The van der Waals surface area contributed by atoms with Crippen molar-refractivity contribution in [2.45, 2.75) is 64.8 Å². The van der Waals surface area contributed by atoms with Crippen LogP contribution in [-0.4, -0.2) is 68.1 Å². The van der Waals surface area contributed by atoms with Gasteiger partial charge in [-0.2, -0.15) is 5.10 Å². The lowest BCUT2D eigenvalue weighted by Gasteiger charge is -2.32. The second-order valence-electron chi connectivity index (χ2n) is 9.93. The fraction of sp³-hybridized carbons (Fsp3) is 0.520. The molecule has 1 aromatic heterocycles. The van der Waals surface area contributed by atoms with Gasteiger partial charge < -0.3 is 24.4 Å². The molecular formula is C25H32N4O6. The summed E-state index contributed by atoms with van der Waals surface area (Å²) in [5, 5.41) is 14.6. The van der Waals surface area contributed by atoms with Crippen LogP contribution in [0.5, 0.6) is 0 Å². The zero-order valence-corrected chi connectivity index (χ0v) is 20.4. The number of piperidine rings is 1. The summed E-state index contributed by atoms with van der Waals surface area (Å²) in [6.45, 7) is 7.07. The Balaban J connectivity index is 1.41. The van der Waals surface area contributed by atoms with Crippen LogP contribution in [0.15, 0.2) is 30.3 Å². The average molecular weight is 485 g/mol. The number of ether oxygens (including phenoxy) is 2. The van der Waals surface area contributed by atoms with Crippen LogP contribution in [0.3, 0.4) is 0 Å². The molecule has 2 aliphatic heterocycles. The number of likely N-dealkylation sites (tertiary alicyclic amines) is 1. The van der Waals surface area contributed by atoms with E-state index in [0.717, 1.165) is 5.56 Å². The normalized spacial score (nSPS) is 16.5. The van der Waals surface area contributed by atoms with Crippen molar-refractivity contribution in [2.24, 2.45) is 0 Å². The van der Waals surface area contributed by atoms with Gasteiger partial charge in [0, 0.05) is 31.6 Å². The summed E-state index contributed by atoms with van der Waals surface area (Å²) in [6, 6.07) is 9.34. The molecular weight excluding hydrogens is 452 g/mol. The molecule has 188 valence electrons. The van der Waals surface area contributed by atoms with Crippen LogP contribution in [0.1, 0.15) is 67.0 Å². The quantitative estimate of drug-likeness (QED) is 0.701. The Bertz CT molecular complexity index is 1080. The van der Waals surface area contributed by atoms with Crippen molar-refractivity contribution in [2.75, 3.05) is 19.6 Å². The molecule has 1 saturated heterocycles. The van der Waals surface area contributed by atoms with Gasteiger partial charge >= 0.3 is 18.2 Å². The van der Waals surface area contributed by atoms with Crippen LogP contribution < -0.4 is 0 Å². The van der Waals surface area contributed by atoms with Gasteiger partial charge in [-0.05, 0) is 39.2 Å². The largest absolute Gasteiger partial charge is 0.477 e. The van der Waals surface area contributed by atoms with E-state index in [1.165, 1.54) is 4.90 Å². The van der Waals surface area contributed by atoms with E-state index in [0.29, 0.717) is 50.2 Å². The molecule has 0 atom stereocenters. The van der Waals surface area contributed by atoms with Crippen molar-refractivity contribution in [1.82, 2.24) is 19.6 Å². The topological polar surface area (TPSA) is 114 Å². The van der Waals surface area contributed by atoms with Crippen LogP contribution in [0.4, 0.5) is 9.59 Å². The number of hydrogen-bond donors (Lipinski definition) is 1. The molecule has 10 heteroatoms. The smallest absolute Gasteiger partial charge is 0.410 e.